The summed E-state index contributed by atoms with van der Waals surface area (Å²) in [7, 11) is 0. The van der Waals surface area contributed by atoms with E-state index in [2.05, 4.69) is 10.6 Å². The Kier molecular flexibility index (Phi) is 8.04. The molecule has 1 aromatic carbocycles. The fourth-order valence-corrected chi connectivity index (χ4v) is 3.07. The van der Waals surface area contributed by atoms with Gasteiger partial charge in [0.25, 0.3) is 5.91 Å². The van der Waals surface area contributed by atoms with Gasteiger partial charge in [-0.25, -0.2) is 4.79 Å². The molecule has 0 aromatic heterocycles. The van der Waals surface area contributed by atoms with Crippen molar-refractivity contribution >= 4 is 23.9 Å². The zero-order chi connectivity index (χ0) is 19.6. The Labute approximate surface area is 160 Å². The average molecular weight is 372 g/mol. The summed E-state index contributed by atoms with van der Waals surface area (Å²) in [5, 5.41) is 5.45. The molecule has 1 aromatic rings. The number of carbonyl (C=O) groups is 3. The van der Waals surface area contributed by atoms with Crippen LogP contribution in [0, 0.1) is 0 Å². The number of hydrogen-bond acceptors (Lipinski definition) is 4. The molecule has 1 saturated carbocycles. The molecule has 0 bridgehead atoms. The maximum absolute atomic E-state index is 12.5. The van der Waals surface area contributed by atoms with E-state index in [0.29, 0.717) is 0 Å². The molecule has 2 amide bonds. The highest BCUT2D eigenvalue weighted by Crippen LogP contribution is 2.17. The third kappa shape index (κ3) is 7.25. The van der Waals surface area contributed by atoms with Crippen LogP contribution in [-0.2, 0) is 19.1 Å². The van der Waals surface area contributed by atoms with E-state index in [1.807, 2.05) is 18.2 Å². The van der Waals surface area contributed by atoms with Gasteiger partial charge in [0.15, 0.2) is 6.10 Å². The first-order chi connectivity index (χ1) is 13.0. The number of nitrogens with one attached hydrogen (secondary N) is 2. The lowest BCUT2D eigenvalue weighted by atomic mass is 10.1. The SMILES string of the molecule is CC(=O)N/C(=C\c1ccccc1)C(=O)O[C@H](C)C(=O)NC1CCCCCC1. The van der Waals surface area contributed by atoms with Gasteiger partial charge in [0.1, 0.15) is 5.70 Å². The molecule has 1 atom stereocenters. The van der Waals surface area contributed by atoms with Crippen molar-refractivity contribution in [3.8, 4) is 0 Å². The summed E-state index contributed by atoms with van der Waals surface area (Å²) in [5.74, 6) is -1.43. The van der Waals surface area contributed by atoms with E-state index < -0.39 is 12.1 Å². The highest BCUT2D eigenvalue weighted by molar-refractivity contribution is 5.98. The van der Waals surface area contributed by atoms with Gasteiger partial charge in [-0.3, -0.25) is 9.59 Å². The molecule has 0 saturated heterocycles. The van der Waals surface area contributed by atoms with Crippen LogP contribution in [0.1, 0.15) is 57.9 Å². The Balaban J connectivity index is 1.99. The molecule has 0 spiro atoms. The summed E-state index contributed by atoms with van der Waals surface area (Å²) in [5.41, 5.74) is 0.747. The molecule has 0 unspecified atom stereocenters. The smallest absolute Gasteiger partial charge is 0.355 e. The Bertz CT molecular complexity index is 677. The number of hydrogen-bond donors (Lipinski definition) is 2. The van der Waals surface area contributed by atoms with Crippen molar-refractivity contribution in [1.82, 2.24) is 10.6 Å². The number of ether oxygens (including phenoxy) is 1. The minimum absolute atomic E-state index is 0.00261. The van der Waals surface area contributed by atoms with Gasteiger partial charge in [0.05, 0.1) is 0 Å². The highest BCUT2D eigenvalue weighted by atomic mass is 16.5. The van der Waals surface area contributed by atoms with Gasteiger partial charge in [-0.15, -0.1) is 0 Å². The molecule has 6 heteroatoms. The maximum Gasteiger partial charge on any atom is 0.355 e. The Morgan fingerprint density at radius 2 is 1.70 bits per heavy atom. The van der Waals surface area contributed by atoms with E-state index in [9.17, 15) is 14.4 Å². The van der Waals surface area contributed by atoms with Gasteiger partial charge in [0, 0.05) is 13.0 Å². The summed E-state index contributed by atoms with van der Waals surface area (Å²) in [4.78, 5) is 36.3. The fourth-order valence-electron chi connectivity index (χ4n) is 3.07. The van der Waals surface area contributed by atoms with E-state index in [4.69, 9.17) is 4.74 Å². The number of esters is 1. The molecule has 0 radical (unpaired) electrons. The third-order valence-corrected chi connectivity index (χ3v) is 4.50. The molecule has 27 heavy (non-hydrogen) atoms. The van der Waals surface area contributed by atoms with Gasteiger partial charge in [0.2, 0.25) is 5.91 Å². The predicted octanol–water partition coefficient (Wildman–Crippen LogP) is 2.93. The molecule has 146 valence electrons. The zero-order valence-electron chi connectivity index (χ0n) is 16.0. The summed E-state index contributed by atoms with van der Waals surface area (Å²) in [6.45, 7) is 2.85. The molecule has 0 heterocycles. The first-order valence-corrected chi connectivity index (χ1v) is 9.51. The number of rotatable bonds is 6. The molecule has 2 N–H and O–H groups in total. The summed E-state index contributed by atoms with van der Waals surface area (Å²) in [6.07, 6.45) is 7.10. The lowest BCUT2D eigenvalue weighted by molar-refractivity contribution is -0.152. The molecule has 1 aliphatic carbocycles. The zero-order valence-corrected chi connectivity index (χ0v) is 16.0. The summed E-state index contributed by atoms with van der Waals surface area (Å²) >= 11 is 0. The van der Waals surface area contributed by atoms with Crippen LogP contribution >= 0.6 is 0 Å². The molecular formula is C21H28N2O4. The highest BCUT2D eigenvalue weighted by Gasteiger charge is 2.23. The lowest BCUT2D eigenvalue weighted by Gasteiger charge is -2.20. The summed E-state index contributed by atoms with van der Waals surface area (Å²) in [6, 6.07) is 9.25. The van der Waals surface area contributed by atoms with E-state index in [-0.39, 0.29) is 23.6 Å². The topological polar surface area (TPSA) is 84.5 Å². The fraction of sp³-hybridized carbons (Fsp3) is 0.476. The van der Waals surface area contributed by atoms with E-state index in [1.165, 1.54) is 32.8 Å². The normalized spacial score (nSPS) is 16.7. The first kappa shape index (κ1) is 20.7. The van der Waals surface area contributed by atoms with Crippen LogP contribution in [0.25, 0.3) is 6.08 Å². The van der Waals surface area contributed by atoms with Gasteiger partial charge < -0.3 is 15.4 Å². The predicted molar refractivity (Wildman–Crippen MR) is 103 cm³/mol. The van der Waals surface area contributed by atoms with Crippen molar-refractivity contribution in [3.05, 3.63) is 41.6 Å². The van der Waals surface area contributed by atoms with Crippen LogP contribution in [0.2, 0.25) is 0 Å². The van der Waals surface area contributed by atoms with Gasteiger partial charge in [-0.2, -0.15) is 0 Å². The van der Waals surface area contributed by atoms with Crippen molar-refractivity contribution in [2.75, 3.05) is 0 Å². The van der Waals surface area contributed by atoms with Crippen LogP contribution in [0.15, 0.2) is 36.0 Å². The molecular weight excluding hydrogens is 344 g/mol. The van der Waals surface area contributed by atoms with Crippen LogP contribution in [-0.4, -0.2) is 29.9 Å². The molecule has 6 nitrogen and oxygen atoms in total. The lowest BCUT2D eigenvalue weighted by Crippen LogP contribution is -2.42. The van der Waals surface area contributed by atoms with Crippen LogP contribution in [0.5, 0.6) is 0 Å². The molecule has 1 fully saturated rings. The quantitative estimate of drug-likeness (QED) is 0.457. The largest absolute Gasteiger partial charge is 0.448 e. The third-order valence-electron chi connectivity index (χ3n) is 4.50. The van der Waals surface area contributed by atoms with Gasteiger partial charge in [-0.1, -0.05) is 56.0 Å². The van der Waals surface area contributed by atoms with Crippen LogP contribution in [0.3, 0.4) is 0 Å². The van der Waals surface area contributed by atoms with E-state index in [1.54, 1.807) is 12.1 Å². The number of amides is 2. The van der Waals surface area contributed by atoms with Crippen molar-refractivity contribution in [1.29, 1.82) is 0 Å². The minimum Gasteiger partial charge on any atom is -0.448 e. The second-order valence-electron chi connectivity index (χ2n) is 6.89. The van der Waals surface area contributed by atoms with E-state index in [0.717, 1.165) is 31.2 Å². The molecule has 2 rings (SSSR count). The van der Waals surface area contributed by atoms with Gasteiger partial charge >= 0.3 is 5.97 Å². The second kappa shape index (κ2) is 10.5. The number of carbonyl (C=O) groups excluding carboxylic acids is 3. The first-order valence-electron chi connectivity index (χ1n) is 9.51. The van der Waals surface area contributed by atoms with Gasteiger partial charge in [-0.05, 0) is 31.4 Å². The van der Waals surface area contributed by atoms with Crippen molar-refractivity contribution in [2.24, 2.45) is 0 Å². The Morgan fingerprint density at radius 3 is 2.30 bits per heavy atom. The Morgan fingerprint density at radius 1 is 1.07 bits per heavy atom. The van der Waals surface area contributed by atoms with E-state index >= 15 is 0 Å². The standard InChI is InChI=1S/C21H28N2O4/c1-15(20(25)23-18-12-8-3-4-9-13-18)27-21(26)19(22-16(2)24)14-17-10-6-5-7-11-17/h5-7,10-11,14-15,18H,3-4,8-9,12-13H2,1-2H3,(H,22,24)(H,23,25)/b19-14-/t15-/m1/s1. The number of benzene rings is 1. The maximum atomic E-state index is 12.5. The monoisotopic (exact) mass is 372 g/mol. The van der Waals surface area contributed by atoms with Crippen molar-refractivity contribution in [3.63, 3.8) is 0 Å². The van der Waals surface area contributed by atoms with Crippen LogP contribution in [0.4, 0.5) is 0 Å². The second-order valence-corrected chi connectivity index (χ2v) is 6.89. The minimum atomic E-state index is -0.936. The Hall–Kier alpha value is -2.63. The molecule has 1 aliphatic rings. The van der Waals surface area contributed by atoms with Crippen LogP contribution < -0.4 is 10.6 Å². The van der Waals surface area contributed by atoms with Crippen molar-refractivity contribution in [2.45, 2.75) is 64.5 Å². The molecule has 0 aliphatic heterocycles. The van der Waals surface area contributed by atoms with Crippen molar-refractivity contribution < 1.29 is 19.1 Å². The average Bonchev–Trinajstić information content (AvgIpc) is 2.90. The summed E-state index contributed by atoms with van der Waals surface area (Å²) < 4.78 is 5.29.